The van der Waals surface area contributed by atoms with Gasteiger partial charge in [0.1, 0.15) is 0 Å². The lowest BCUT2D eigenvalue weighted by molar-refractivity contribution is -0.140. The van der Waals surface area contributed by atoms with Crippen molar-refractivity contribution in [2.75, 3.05) is 13.7 Å². The Kier molecular flexibility index (Phi) is 8.03. The highest BCUT2D eigenvalue weighted by atomic mass is 16.5. The maximum atomic E-state index is 11.6. The number of carbonyl (C=O) groups excluding carboxylic acids is 2. The van der Waals surface area contributed by atoms with Gasteiger partial charge in [0.25, 0.3) is 0 Å². The molecule has 0 bridgehead atoms. The second kappa shape index (κ2) is 9.95. The molecule has 0 aliphatic carbocycles. The van der Waals surface area contributed by atoms with Gasteiger partial charge in [-0.25, -0.2) is 0 Å². The zero-order valence-electron chi connectivity index (χ0n) is 11.9. The second-order valence-corrected chi connectivity index (χ2v) is 4.60. The minimum Gasteiger partial charge on any atom is -0.469 e. The molecule has 110 valence electrons. The largest absolute Gasteiger partial charge is 0.469 e. The van der Waals surface area contributed by atoms with Crippen molar-refractivity contribution in [2.45, 2.75) is 38.5 Å². The molecular formula is C15H22N2O3. The van der Waals surface area contributed by atoms with E-state index in [1.807, 2.05) is 12.1 Å². The van der Waals surface area contributed by atoms with Gasteiger partial charge in [-0.2, -0.15) is 0 Å². The van der Waals surface area contributed by atoms with Crippen molar-refractivity contribution in [2.24, 2.45) is 0 Å². The van der Waals surface area contributed by atoms with E-state index in [0.717, 1.165) is 24.8 Å². The molecule has 5 nitrogen and oxygen atoms in total. The lowest BCUT2D eigenvalue weighted by Gasteiger charge is -2.05. The van der Waals surface area contributed by atoms with E-state index in [-0.39, 0.29) is 11.9 Å². The van der Waals surface area contributed by atoms with Crippen LogP contribution in [-0.2, 0) is 20.7 Å². The molecule has 0 aromatic carbocycles. The van der Waals surface area contributed by atoms with Crippen LogP contribution in [0.1, 0.15) is 37.7 Å². The van der Waals surface area contributed by atoms with Gasteiger partial charge in [-0.1, -0.05) is 12.5 Å². The number of nitrogens with one attached hydrogen (secondary N) is 1. The first-order valence-corrected chi connectivity index (χ1v) is 6.95. The minimum absolute atomic E-state index is 0.0572. The topological polar surface area (TPSA) is 68.3 Å². The Bertz CT molecular complexity index is 407. The minimum atomic E-state index is -0.175. The molecule has 0 unspecified atom stereocenters. The number of rotatable bonds is 9. The van der Waals surface area contributed by atoms with Crippen LogP contribution in [0.25, 0.3) is 0 Å². The smallest absolute Gasteiger partial charge is 0.305 e. The van der Waals surface area contributed by atoms with Crippen LogP contribution in [0.4, 0.5) is 0 Å². The van der Waals surface area contributed by atoms with Crippen molar-refractivity contribution >= 4 is 11.9 Å². The van der Waals surface area contributed by atoms with Gasteiger partial charge in [-0.05, 0) is 30.9 Å². The summed E-state index contributed by atoms with van der Waals surface area (Å²) >= 11 is 0. The van der Waals surface area contributed by atoms with E-state index in [1.165, 1.54) is 7.11 Å². The van der Waals surface area contributed by atoms with Gasteiger partial charge in [-0.15, -0.1) is 0 Å². The second-order valence-electron chi connectivity index (χ2n) is 4.60. The number of aryl methyl sites for hydroxylation is 1. The van der Waals surface area contributed by atoms with E-state index in [4.69, 9.17) is 0 Å². The number of ether oxygens (including phenoxy) is 1. The van der Waals surface area contributed by atoms with Crippen LogP contribution < -0.4 is 5.32 Å². The molecule has 0 radical (unpaired) electrons. The van der Waals surface area contributed by atoms with Gasteiger partial charge in [-0.3, -0.25) is 14.6 Å². The standard InChI is InChI=1S/C15H22N2O3/c1-20-15(19)7-3-2-4-11-17-14(18)9-8-13-6-5-10-16-12-13/h5-6,10,12H,2-4,7-9,11H2,1H3,(H,17,18). The lowest BCUT2D eigenvalue weighted by Crippen LogP contribution is -2.24. The zero-order chi connectivity index (χ0) is 14.6. The summed E-state index contributed by atoms with van der Waals surface area (Å²) in [6.45, 7) is 0.660. The summed E-state index contributed by atoms with van der Waals surface area (Å²) in [4.78, 5) is 26.5. The SMILES string of the molecule is COC(=O)CCCCCNC(=O)CCc1cccnc1. The predicted octanol–water partition coefficient (Wildman–Crippen LogP) is 1.86. The third kappa shape index (κ3) is 7.51. The molecule has 1 N–H and O–H groups in total. The summed E-state index contributed by atoms with van der Waals surface area (Å²) in [5.74, 6) is -0.118. The first-order valence-electron chi connectivity index (χ1n) is 6.95. The first kappa shape index (κ1) is 16.1. The number of methoxy groups -OCH3 is 1. The van der Waals surface area contributed by atoms with Gasteiger partial charge in [0.2, 0.25) is 5.91 Å². The molecule has 0 saturated heterocycles. The number of aromatic nitrogens is 1. The molecule has 1 heterocycles. The van der Waals surface area contributed by atoms with Crippen molar-refractivity contribution in [1.82, 2.24) is 10.3 Å². The maximum absolute atomic E-state index is 11.6. The Hall–Kier alpha value is -1.91. The van der Waals surface area contributed by atoms with Gasteiger partial charge in [0.05, 0.1) is 7.11 Å². The Labute approximate surface area is 119 Å². The van der Waals surface area contributed by atoms with E-state index in [9.17, 15) is 9.59 Å². The van der Waals surface area contributed by atoms with Gasteiger partial charge < -0.3 is 10.1 Å². The predicted molar refractivity (Wildman–Crippen MR) is 76.1 cm³/mol. The fourth-order valence-corrected chi connectivity index (χ4v) is 1.79. The number of amides is 1. The molecule has 0 spiro atoms. The monoisotopic (exact) mass is 278 g/mol. The lowest BCUT2D eigenvalue weighted by atomic mass is 10.1. The van der Waals surface area contributed by atoms with Crippen molar-refractivity contribution < 1.29 is 14.3 Å². The van der Waals surface area contributed by atoms with Crippen molar-refractivity contribution in [1.29, 1.82) is 0 Å². The third-order valence-electron chi connectivity index (χ3n) is 2.97. The molecule has 5 heteroatoms. The molecule has 1 rings (SSSR count). The highest BCUT2D eigenvalue weighted by Crippen LogP contribution is 2.02. The molecule has 0 atom stereocenters. The average Bonchev–Trinajstić information content (AvgIpc) is 2.49. The molecule has 0 saturated carbocycles. The molecule has 1 aromatic rings. The highest BCUT2D eigenvalue weighted by molar-refractivity contribution is 5.76. The zero-order valence-corrected chi connectivity index (χ0v) is 11.9. The summed E-state index contributed by atoms with van der Waals surface area (Å²) in [6, 6.07) is 3.83. The van der Waals surface area contributed by atoms with Crippen LogP contribution in [0.15, 0.2) is 24.5 Å². The molecule has 0 aliphatic heterocycles. The van der Waals surface area contributed by atoms with Crippen LogP contribution in [0, 0.1) is 0 Å². The fourth-order valence-electron chi connectivity index (χ4n) is 1.79. The van der Waals surface area contributed by atoms with E-state index < -0.39 is 0 Å². The number of pyridine rings is 1. The Morgan fingerprint density at radius 3 is 2.80 bits per heavy atom. The number of nitrogens with zero attached hydrogens (tertiary/aromatic N) is 1. The normalized spacial score (nSPS) is 10.1. The molecule has 20 heavy (non-hydrogen) atoms. The Morgan fingerprint density at radius 1 is 1.25 bits per heavy atom. The van der Waals surface area contributed by atoms with Crippen LogP contribution in [0.2, 0.25) is 0 Å². The Balaban J connectivity index is 1.99. The quantitative estimate of drug-likeness (QED) is 0.553. The molecule has 0 fully saturated rings. The maximum Gasteiger partial charge on any atom is 0.305 e. The average molecular weight is 278 g/mol. The summed E-state index contributed by atoms with van der Waals surface area (Å²) in [6.07, 6.45) is 7.74. The van der Waals surface area contributed by atoms with Crippen LogP contribution >= 0.6 is 0 Å². The fraction of sp³-hybridized carbons (Fsp3) is 0.533. The van der Waals surface area contributed by atoms with Crippen LogP contribution in [-0.4, -0.2) is 30.5 Å². The van der Waals surface area contributed by atoms with E-state index in [0.29, 0.717) is 25.8 Å². The number of esters is 1. The third-order valence-corrected chi connectivity index (χ3v) is 2.97. The molecule has 1 aromatic heterocycles. The molecule has 0 aliphatic rings. The van der Waals surface area contributed by atoms with Crippen molar-refractivity contribution in [3.63, 3.8) is 0 Å². The van der Waals surface area contributed by atoms with E-state index in [2.05, 4.69) is 15.0 Å². The van der Waals surface area contributed by atoms with Gasteiger partial charge in [0, 0.05) is 31.8 Å². The van der Waals surface area contributed by atoms with Crippen LogP contribution in [0.3, 0.4) is 0 Å². The van der Waals surface area contributed by atoms with Crippen molar-refractivity contribution in [3.05, 3.63) is 30.1 Å². The summed E-state index contributed by atoms with van der Waals surface area (Å²) in [7, 11) is 1.39. The highest BCUT2D eigenvalue weighted by Gasteiger charge is 2.02. The summed E-state index contributed by atoms with van der Waals surface area (Å²) in [5.41, 5.74) is 1.07. The van der Waals surface area contributed by atoms with E-state index >= 15 is 0 Å². The molecule has 1 amide bonds. The number of hydrogen-bond donors (Lipinski definition) is 1. The van der Waals surface area contributed by atoms with Crippen molar-refractivity contribution in [3.8, 4) is 0 Å². The van der Waals surface area contributed by atoms with E-state index in [1.54, 1.807) is 12.4 Å². The number of unbranched alkanes of at least 4 members (excludes halogenated alkanes) is 2. The Morgan fingerprint density at radius 2 is 2.10 bits per heavy atom. The van der Waals surface area contributed by atoms with Crippen LogP contribution in [0.5, 0.6) is 0 Å². The summed E-state index contributed by atoms with van der Waals surface area (Å²) < 4.78 is 4.56. The molecular weight excluding hydrogens is 256 g/mol. The number of hydrogen-bond acceptors (Lipinski definition) is 4. The van der Waals surface area contributed by atoms with Gasteiger partial charge in [0.15, 0.2) is 0 Å². The summed E-state index contributed by atoms with van der Waals surface area (Å²) in [5, 5.41) is 2.88. The first-order chi connectivity index (χ1) is 9.72. The van der Waals surface area contributed by atoms with Gasteiger partial charge >= 0.3 is 5.97 Å². The number of carbonyl (C=O) groups is 2.